The molecule has 1 unspecified atom stereocenters. The summed E-state index contributed by atoms with van der Waals surface area (Å²) < 4.78 is 10.7. The molecule has 2 N–H and O–H groups in total. The van der Waals surface area contributed by atoms with Crippen LogP contribution in [0.15, 0.2) is 0 Å². The van der Waals surface area contributed by atoms with E-state index in [2.05, 4.69) is 6.92 Å². The van der Waals surface area contributed by atoms with Crippen molar-refractivity contribution >= 4 is 7.60 Å². The summed E-state index contributed by atoms with van der Waals surface area (Å²) in [4.78, 5) is 17.6. The summed E-state index contributed by atoms with van der Waals surface area (Å²) >= 11 is 0. The molecule has 0 aliphatic rings. The maximum atomic E-state index is 10.7. The van der Waals surface area contributed by atoms with Gasteiger partial charge in [-0.15, -0.1) is 0 Å². The van der Waals surface area contributed by atoms with E-state index in [-0.39, 0.29) is 0 Å². The first kappa shape index (κ1) is 13.2. The summed E-state index contributed by atoms with van der Waals surface area (Å²) in [5.74, 6) is 0. The van der Waals surface area contributed by atoms with Crippen molar-refractivity contribution in [1.29, 1.82) is 0 Å². The summed E-state index contributed by atoms with van der Waals surface area (Å²) in [6.45, 7) is 3.78. The molecule has 0 aromatic carbocycles. The van der Waals surface area contributed by atoms with E-state index in [1.807, 2.05) is 0 Å². The number of unbranched alkanes of at least 4 members (excludes halogenated alkanes) is 4. The SMILES string of the molecule is CCCCCCCC(C)P(=O)(O)O. The normalized spacial score (nSPS) is 14.5. The Kier molecular flexibility index (Phi) is 6.66. The molecule has 0 aliphatic carbocycles. The Bertz CT molecular complexity index is 164. The molecule has 0 spiro atoms. The van der Waals surface area contributed by atoms with Crippen LogP contribution in [0.1, 0.15) is 52.4 Å². The van der Waals surface area contributed by atoms with Crippen molar-refractivity contribution in [3.63, 3.8) is 0 Å². The van der Waals surface area contributed by atoms with Gasteiger partial charge >= 0.3 is 7.60 Å². The van der Waals surface area contributed by atoms with E-state index < -0.39 is 13.3 Å². The third-order valence-electron chi connectivity index (χ3n) is 2.30. The molecule has 0 aromatic rings. The summed E-state index contributed by atoms with van der Waals surface area (Å²) in [6.07, 6.45) is 6.29. The van der Waals surface area contributed by atoms with Gasteiger partial charge in [-0.25, -0.2) is 0 Å². The molecule has 0 fully saturated rings. The summed E-state index contributed by atoms with van der Waals surface area (Å²) in [6, 6.07) is 0. The van der Waals surface area contributed by atoms with E-state index in [0.29, 0.717) is 6.42 Å². The molecule has 0 amide bonds. The van der Waals surface area contributed by atoms with E-state index >= 15 is 0 Å². The van der Waals surface area contributed by atoms with E-state index in [0.717, 1.165) is 12.8 Å². The lowest BCUT2D eigenvalue weighted by atomic mass is 10.1. The van der Waals surface area contributed by atoms with Crippen molar-refractivity contribution in [2.24, 2.45) is 0 Å². The zero-order valence-electron chi connectivity index (χ0n) is 8.57. The quantitative estimate of drug-likeness (QED) is 0.499. The van der Waals surface area contributed by atoms with Crippen LogP contribution in [0.4, 0.5) is 0 Å². The lowest BCUT2D eigenvalue weighted by Gasteiger charge is -2.12. The van der Waals surface area contributed by atoms with Crippen LogP contribution in [0.2, 0.25) is 0 Å². The largest absolute Gasteiger partial charge is 0.328 e. The average Bonchev–Trinajstić information content (AvgIpc) is 2.02. The minimum atomic E-state index is -3.81. The minimum absolute atomic E-state index is 0.464. The van der Waals surface area contributed by atoms with Crippen molar-refractivity contribution in [3.05, 3.63) is 0 Å². The zero-order valence-corrected chi connectivity index (χ0v) is 9.46. The van der Waals surface area contributed by atoms with Crippen molar-refractivity contribution in [2.75, 3.05) is 0 Å². The second-order valence-corrected chi connectivity index (χ2v) is 5.70. The number of hydrogen-bond acceptors (Lipinski definition) is 1. The third-order valence-corrected chi connectivity index (χ3v) is 3.71. The first-order valence-electron chi connectivity index (χ1n) is 5.03. The Hall–Kier alpha value is 0.150. The van der Waals surface area contributed by atoms with Gasteiger partial charge in [0.05, 0.1) is 5.66 Å². The van der Waals surface area contributed by atoms with Crippen molar-refractivity contribution in [3.8, 4) is 0 Å². The van der Waals surface area contributed by atoms with Gasteiger partial charge in [0, 0.05) is 0 Å². The third kappa shape index (κ3) is 7.24. The highest BCUT2D eigenvalue weighted by atomic mass is 31.2. The van der Waals surface area contributed by atoms with Crippen LogP contribution in [0.25, 0.3) is 0 Å². The summed E-state index contributed by atoms with van der Waals surface area (Å²) in [5, 5.41) is 0. The first-order chi connectivity index (χ1) is 5.98. The summed E-state index contributed by atoms with van der Waals surface area (Å²) in [5.41, 5.74) is -0.464. The maximum Gasteiger partial charge on any atom is 0.328 e. The van der Waals surface area contributed by atoms with Crippen LogP contribution in [0.5, 0.6) is 0 Å². The van der Waals surface area contributed by atoms with Gasteiger partial charge in [-0.1, -0.05) is 46.0 Å². The highest BCUT2D eigenvalue weighted by Gasteiger charge is 2.22. The van der Waals surface area contributed by atoms with Crippen molar-refractivity contribution in [2.45, 2.75) is 58.0 Å². The molecule has 0 bridgehead atoms. The lowest BCUT2D eigenvalue weighted by molar-refractivity contribution is 0.356. The van der Waals surface area contributed by atoms with Crippen LogP contribution in [0.3, 0.4) is 0 Å². The fourth-order valence-corrected chi connectivity index (χ4v) is 1.73. The number of hydrogen-bond donors (Lipinski definition) is 2. The highest BCUT2D eigenvalue weighted by Crippen LogP contribution is 2.43. The van der Waals surface area contributed by atoms with Crippen LogP contribution < -0.4 is 0 Å². The molecule has 13 heavy (non-hydrogen) atoms. The van der Waals surface area contributed by atoms with Crippen molar-refractivity contribution < 1.29 is 14.4 Å². The fourth-order valence-electron chi connectivity index (χ4n) is 1.21. The molecule has 4 heteroatoms. The molecule has 0 saturated heterocycles. The Morgan fingerprint density at radius 2 is 1.69 bits per heavy atom. The number of rotatable bonds is 7. The van der Waals surface area contributed by atoms with E-state index in [4.69, 9.17) is 9.79 Å². The van der Waals surface area contributed by atoms with E-state index in [1.54, 1.807) is 6.92 Å². The standard InChI is InChI=1S/C9H21O3P/c1-3-4-5-6-7-8-9(2)13(10,11)12/h9H,3-8H2,1-2H3,(H2,10,11,12). The van der Waals surface area contributed by atoms with Gasteiger partial charge in [0.2, 0.25) is 0 Å². The van der Waals surface area contributed by atoms with Crippen LogP contribution in [-0.4, -0.2) is 15.4 Å². The van der Waals surface area contributed by atoms with Gasteiger partial charge in [0.1, 0.15) is 0 Å². The maximum absolute atomic E-state index is 10.7. The van der Waals surface area contributed by atoms with Gasteiger partial charge in [-0.05, 0) is 6.42 Å². The molecule has 0 aliphatic heterocycles. The topological polar surface area (TPSA) is 57.5 Å². The lowest BCUT2D eigenvalue weighted by Crippen LogP contribution is -2.02. The molecule has 0 aromatic heterocycles. The van der Waals surface area contributed by atoms with E-state index in [9.17, 15) is 4.57 Å². The van der Waals surface area contributed by atoms with Crippen LogP contribution >= 0.6 is 7.60 Å². The molecular formula is C9H21O3P. The molecule has 1 atom stereocenters. The van der Waals surface area contributed by atoms with E-state index in [1.165, 1.54) is 19.3 Å². The molecule has 3 nitrogen and oxygen atoms in total. The average molecular weight is 208 g/mol. The molecule has 0 saturated carbocycles. The monoisotopic (exact) mass is 208 g/mol. The van der Waals surface area contributed by atoms with Gasteiger partial charge < -0.3 is 9.79 Å². The molecule has 80 valence electrons. The van der Waals surface area contributed by atoms with Crippen molar-refractivity contribution in [1.82, 2.24) is 0 Å². The molecule has 0 rings (SSSR count). The predicted molar refractivity (Wildman–Crippen MR) is 54.9 cm³/mol. The molecular weight excluding hydrogens is 187 g/mol. The van der Waals surface area contributed by atoms with Gasteiger partial charge in [-0.2, -0.15) is 0 Å². The first-order valence-corrected chi connectivity index (χ1v) is 6.72. The Labute approximate surface area is 80.7 Å². The highest BCUT2D eigenvalue weighted by molar-refractivity contribution is 7.52. The second-order valence-electron chi connectivity index (χ2n) is 3.64. The Morgan fingerprint density at radius 3 is 2.15 bits per heavy atom. The minimum Gasteiger partial charge on any atom is -0.324 e. The van der Waals surface area contributed by atoms with Crippen LogP contribution in [0, 0.1) is 0 Å². The fraction of sp³-hybridized carbons (Fsp3) is 1.00. The van der Waals surface area contributed by atoms with Gasteiger partial charge in [-0.3, -0.25) is 4.57 Å². The van der Waals surface area contributed by atoms with Crippen LogP contribution in [-0.2, 0) is 4.57 Å². The van der Waals surface area contributed by atoms with Gasteiger partial charge in [0.15, 0.2) is 0 Å². The molecule has 0 radical (unpaired) electrons. The zero-order chi connectivity index (χ0) is 10.3. The summed E-state index contributed by atoms with van der Waals surface area (Å²) in [7, 11) is -3.81. The van der Waals surface area contributed by atoms with Gasteiger partial charge in [0.25, 0.3) is 0 Å². The molecule has 0 heterocycles. The smallest absolute Gasteiger partial charge is 0.324 e. The predicted octanol–water partition coefficient (Wildman–Crippen LogP) is 2.91. The second kappa shape index (κ2) is 6.58. The Morgan fingerprint density at radius 1 is 1.15 bits per heavy atom. The Balaban J connectivity index is 3.38.